The summed E-state index contributed by atoms with van der Waals surface area (Å²) in [5.41, 5.74) is -0.0622. The van der Waals surface area contributed by atoms with E-state index < -0.39 is 11.7 Å². The number of carbonyl (C=O) groups excluding carboxylic acids is 1. The van der Waals surface area contributed by atoms with Crippen LogP contribution in [0.1, 0.15) is 29.9 Å². The van der Waals surface area contributed by atoms with E-state index in [1.165, 1.54) is 6.07 Å². The van der Waals surface area contributed by atoms with Crippen molar-refractivity contribution >= 4 is 17.2 Å². The Morgan fingerprint density at radius 1 is 1.31 bits per heavy atom. The summed E-state index contributed by atoms with van der Waals surface area (Å²) in [4.78, 5) is 21.2. The summed E-state index contributed by atoms with van der Waals surface area (Å²) in [6.07, 6.45) is -4.41. The van der Waals surface area contributed by atoms with Crippen molar-refractivity contribution < 1.29 is 18.0 Å². The fourth-order valence-corrected chi connectivity index (χ4v) is 4.09. The number of piperazine rings is 1. The molecule has 1 saturated heterocycles. The van der Waals surface area contributed by atoms with Crippen LogP contribution in [0.5, 0.6) is 0 Å². The lowest BCUT2D eigenvalue weighted by molar-refractivity contribution is -0.137. The van der Waals surface area contributed by atoms with Crippen LogP contribution >= 0.6 is 11.3 Å². The molecule has 5 nitrogen and oxygen atoms in total. The van der Waals surface area contributed by atoms with Gasteiger partial charge < -0.3 is 5.32 Å². The molecule has 2 heterocycles. The Balaban J connectivity index is 1.56. The van der Waals surface area contributed by atoms with Crippen molar-refractivity contribution in [1.29, 1.82) is 0 Å². The number of alkyl halides is 3. The van der Waals surface area contributed by atoms with Gasteiger partial charge in [-0.05, 0) is 33.0 Å². The minimum atomic E-state index is -4.41. The number of aromatic nitrogens is 1. The maximum absolute atomic E-state index is 12.9. The van der Waals surface area contributed by atoms with Gasteiger partial charge in [0.15, 0.2) is 0 Å². The number of carbonyl (C=O) groups is 1. The molecule has 1 aliphatic rings. The van der Waals surface area contributed by atoms with Crippen LogP contribution in [0.25, 0.3) is 10.6 Å². The zero-order chi connectivity index (χ0) is 21.2. The van der Waals surface area contributed by atoms with Crippen LogP contribution in [-0.4, -0.2) is 66.0 Å². The molecule has 3 rings (SSSR count). The lowest BCUT2D eigenvalue weighted by Gasteiger charge is -2.45. The average molecular weight is 427 g/mol. The van der Waals surface area contributed by atoms with E-state index in [2.05, 4.69) is 41.0 Å². The van der Waals surface area contributed by atoms with Crippen molar-refractivity contribution in [2.45, 2.75) is 25.6 Å². The molecule has 1 amide bonds. The van der Waals surface area contributed by atoms with Gasteiger partial charge in [-0.25, -0.2) is 4.98 Å². The van der Waals surface area contributed by atoms with Crippen molar-refractivity contribution in [2.24, 2.45) is 0 Å². The summed E-state index contributed by atoms with van der Waals surface area (Å²) in [5, 5.41) is 4.82. The molecule has 0 spiro atoms. The number of benzene rings is 1. The highest BCUT2D eigenvalue weighted by Gasteiger charge is 2.31. The van der Waals surface area contributed by atoms with Gasteiger partial charge in [-0.2, -0.15) is 13.2 Å². The number of halogens is 3. The minimum Gasteiger partial charge on any atom is -0.349 e. The van der Waals surface area contributed by atoms with Crippen LogP contribution in [0.4, 0.5) is 13.2 Å². The van der Waals surface area contributed by atoms with E-state index in [0.29, 0.717) is 17.1 Å². The summed E-state index contributed by atoms with van der Waals surface area (Å²) in [6, 6.07) is 4.97. The second kappa shape index (κ2) is 8.41. The monoisotopic (exact) mass is 426 g/mol. The van der Waals surface area contributed by atoms with Gasteiger partial charge in [0.25, 0.3) is 5.91 Å². The third-order valence-electron chi connectivity index (χ3n) is 5.28. The lowest BCUT2D eigenvalue weighted by atomic mass is 10.00. The molecule has 9 heteroatoms. The predicted octanol–water partition coefficient (Wildman–Crippen LogP) is 3.58. The molecule has 0 bridgehead atoms. The highest BCUT2D eigenvalue weighted by Crippen LogP contribution is 2.33. The summed E-state index contributed by atoms with van der Waals surface area (Å²) in [7, 11) is 2.11. The fraction of sp³-hybridized carbons (Fsp3) is 0.500. The Labute approximate surface area is 172 Å². The Morgan fingerprint density at radius 2 is 2.07 bits per heavy atom. The number of nitrogens with one attached hydrogen (secondary N) is 1. The molecular formula is C20H25F3N4OS. The van der Waals surface area contributed by atoms with Gasteiger partial charge in [-0.3, -0.25) is 14.6 Å². The third-order valence-corrected chi connectivity index (χ3v) is 6.17. The number of rotatable bonds is 5. The fourth-order valence-electron chi connectivity index (χ4n) is 3.29. The van der Waals surface area contributed by atoms with Crippen molar-refractivity contribution in [3.05, 3.63) is 40.9 Å². The minimum absolute atomic E-state index is 0.0943. The molecule has 2 aromatic rings. The second-order valence-electron chi connectivity index (χ2n) is 7.88. The second-order valence-corrected chi connectivity index (χ2v) is 8.74. The van der Waals surface area contributed by atoms with Gasteiger partial charge in [0.1, 0.15) is 10.7 Å². The van der Waals surface area contributed by atoms with Crippen LogP contribution in [0.15, 0.2) is 29.6 Å². The Hall–Kier alpha value is -1.97. The van der Waals surface area contributed by atoms with E-state index in [0.717, 1.165) is 49.6 Å². The van der Waals surface area contributed by atoms with Crippen LogP contribution in [-0.2, 0) is 6.18 Å². The summed E-state index contributed by atoms with van der Waals surface area (Å²) >= 11 is 1.16. The Morgan fingerprint density at radius 3 is 2.76 bits per heavy atom. The van der Waals surface area contributed by atoms with E-state index in [4.69, 9.17) is 0 Å². The molecule has 0 aliphatic carbocycles. The van der Waals surface area contributed by atoms with Crippen LogP contribution in [0.2, 0.25) is 0 Å². The summed E-state index contributed by atoms with van der Waals surface area (Å²) in [5.74, 6) is -0.312. The van der Waals surface area contributed by atoms with Gasteiger partial charge in [0, 0.05) is 49.2 Å². The number of amides is 1. The zero-order valence-corrected chi connectivity index (χ0v) is 17.5. The molecular weight excluding hydrogens is 401 g/mol. The molecule has 1 aromatic heterocycles. The first-order valence-corrected chi connectivity index (χ1v) is 10.3. The van der Waals surface area contributed by atoms with Gasteiger partial charge in [-0.1, -0.05) is 12.1 Å². The maximum Gasteiger partial charge on any atom is 0.416 e. The molecule has 1 N–H and O–H groups in total. The van der Waals surface area contributed by atoms with Gasteiger partial charge in [0.05, 0.1) is 5.56 Å². The maximum atomic E-state index is 12.9. The third kappa shape index (κ3) is 5.34. The standard InChI is InChI=1S/C20H25F3N4OS/c1-19(2)13-27(10-9-26(19)3)8-7-24-17(28)16-12-29-18(25-16)14-5-4-6-15(11-14)20(21,22)23/h4-6,11-12H,7-10,13H2,1-3H3,(H,24,28). The lowest BCUT2D eigenvalue weighted by Crippen LogP contribution is -2.58. The SMILES string of the molecule is CN1CCN(CCNC(=O)c2csc(-c3cccc(C(F)(F)F)c3)n2)CC1(C)C. The van der Waals surface area contributed by atoms with Gasteiger partial charge >= 0.3 is 6.18 Å². The number of likely N-dealkylation sites (N-methyl/N-ethyl adjacent to an activating group) is 1. The number of thiazole rings is 1. The van der Waals surface area contributed by atoms with Gasteiger partial charge in [-0.15, -0.1) is 11.3 Å². The highest BCUT2D eigenvalue weighted by molar-refractivity contribution is 7.13. The molecule has 158 valence electrons. The van der Waals surface area contributed by atoms with E-state index in [1.807, 2.05) is 0 Å². The summed E-state index contributed by atoms with van der Waals surface area (Å²) < 4.78 is 38.7. The first-order chi connectivity index (χ1) is 13.6. The molecule has 29 heavy (non-hydrogen) atoms. The smallest absolute Gasteiger partial charge is 0.349 e. The normalized spacial score (nSPS) is 18.0. The predicted molar refractivity (Wildman–Crippen MR) is 108 cm³/mol. The van der Waals surface area contributed by atoms with E-state index in [-0.39, 0.29) is 17.1 Å². The van der Waals surface area contributed by atoms with Crippen LogP contribution in [0.3, 0.4) is 0 Å². The molecule has 0 saturated carbocycles. The van der Waals surface area contributed by atoms with E-state index in [1.54, 1.807) is 11.4 Å². The van der Waals surface area contributed by atoms with Crippen molar-refractivity contribution in [3.63, 3.8) is 0 Å². The molecule has 1 aliphatic heterocycles. The highest BCUT2D eigenvalue weighted by atomic mass is 32.1. The number of nitrogens with zero attached hydrogens (tertiary/aromatic N) is 3. The molecule has 1 aromatic carbocycles. The topological polar surface area (TPSA) is 48.5 Å². The van der Waals surface area contributed by atoms with E-state index in [9.17, 15) is 18.0 Å². The van der Waals surface area contributed by atoms with Crippen molar-refractivity contribution in [1.82, 2.24) is 20.1 Å². The molecule has 0 unspecified atom stereocenters. The van der Waals surface area contributed by atoms with Gasteiger partial charge in [0.2, 0.25) is 0 Å². The van der Waals surface area contributed by atoms with Crippen LogP contribution in [0, 0.1) is 0 Å². The van der Waals surface area contributed by atoms with E-state index >= 15 is 0 Å². The average Bonchev–Trinajstić information content (AvgIpc) is 3.14. The van der Waals surface area contributed by atoms with Crippen LogP contribution < -0.4 is 5.32 Å². The number of hydrogen-bond acceptors (Lipinski definition) is 5. The largest absolute Gasteiger partial charge is 0.416 e. The quantitative estimate of drug-likeness (QED) is 0.794. The first kappa shape index (κ1) is 21.7. The number of hydrogen-bond donors (Lipinski definition) is 1. The Bertz CT molecular complexity index is 865. The zero-order valence-electron chi connectivity index (χ0n) is 16.7. The summed E-state index contributed by atoms with van der Waals surface area (Å²) in [6.45, 7) is 8.49. The Kier molecular flexibility index (Phi) is 6.30. The molecule has 1 fully saturated rings. The van der Waals surface area contributed by atoms with Crippen molar-refractivity contribution in [2.75, 3.05) is 39.8 Å². The first-order valence-electron chi connectivity index (χ1n) is 9.41. The molecule has 0 radical (unpaired) electrons. The molecule has 0 atom stereocenters. The van der Waals surface area contributed by atoms with Crippen molar-refractivity contribution in [3.8, 4) is 10.6 Å².